The molecule has 1 unspecified atom stereocenters. The van der Waals surface area contributed by atoms with E-state index in [0.29, 0.717) is 25.6 Å². The lowest BCUT2D eigenvalue weighted by atomic mass is 10.1. The fourth-order valence-electron chi connectivity index (χ4n) is 3.96. The Labute approximate surface area is 179 Å². The van der Waals surface area contributed by atoms with E-state index in [1.54, 1.807) is 6.26 Å². The van der Waals surface area contributed by atoms with Crippen molar-refractivity contribution in [2.75, 3.05) is 13.1 Å². The quantitative estimate of drug-likeness (QED) is 0.449. The molecule has 5 nitrogen and oxygen atoms in total. The monoisotopic (exact) mass is 419 g/mol. The molecule has 4 aromatic rings. The predicted molar refractivity (Wildman–Crippen MR) is 118 cm³/mol. The van der Waals surface area contributed by atoms with E-state index in [1.165, 1.54) is 5.06 Å². The zero-order chi connectivity index (χ0) is 20.5. The zero-order valence-corrected chi connectivity index (χ0v) is 17.2. The van der Waals surface area contributed by atoms with E-state index in [4.69, 9.17) is 21.0 Å². The standard InChI is InChI=1S/C24H22ClN3O2/c25-20-7-3-17(4-8-20)16-28-22-9-6-19(23-2-1-13-30-23)14-21(22)26-24(28)10-5-18-11-12-27(29)15-18/h1-10,13-14,18,29H,11-12,15-16H2/b10-5+. The van der Waals surface area contributed by atoms with Gasteiger partial charge in [0.2, 0.25) is 0 Å². The normalized spacial score (nSPS) is 17.5. The smallest absolute Gasteiger partial charge is 0.133 e. The van der Waals surface area contributed by atoms with Crippen LogP contribution >= 0.6 is 11.6 Å². The molecule has 0 aliphatic carbocycles. The summed E-state index contributed by atoms with van der Waals surface area (Å²) in [7, 11) is 0. The van der Waals surface area contributed by atoms with Gasteiger partial charge in [0.15, 0.2) is 0 Å². The second-order valence-electron chi connectivity index (χ2n) is 7.68. The van der Waals surface area contributed by atoms with Crippen LogP contribution in [0.5, 0.6) is 0 Å². The van der Waals surface area contributed by atoms with Crippen molar-refractivity contribution < 1.29 is 9.62 Å². The number of halogens is 1. The Balaban J connectivity index is 1.54. The van der Waals surface area contributed by atoms with E-state index in [2.05, 4.69) is 34.9 Å². The fourth-order valence-corrected chi connectivity index (χ4v) is 4.08. The SMILES string of the molecule is ON1CCC(/C=C/c2nc3cc(-c4ccco4)ccc3n2Cc2ccc(Cl)cc2)C1. The van der Waals surface area contributed by atoms with E-state index in [0.717, 1.165) is 45.2 Å². The van der Waals surface area contributed by atoms with Crippen molar-refractivity contribution in [3.8, 4) is 11.3 Å². The van der Waals surface area contributed by atoms with Crippen molar-refractivity contribution in [1.29, 1.82) is 0 Å². The second kappa shape index (κ2) is 8.11. The van der Waals surface area contributed by atoms with Gasteiger partial charge in [-0.15, -0.1) is 0 Å². The summed E-state index contributed by atoms with van der Waals surface area (Å²) in [6.45, 7) is 2.07. The summed E-state index contributed by atoms with van der Waals surface area (Å²) in [5, 5.41) is 11.8. The number of furan rings is 1. The van der Waals surface area contributed by atoms with Gasteiger partial charge >= 0.3 is 0 Å². The average molecular weight is 420 g/mol. The molecular weight excluding hydrogens is 398 g/mol. The van der Waals surface area contributed by atoms with Crippen molar-refractivity contribution in [3.63, 3.8) is 0 Å². The molecule has 1 aliphatic rings. The number of benzene rings is 2. The lowest BCUT2D eigenvalue weighted by Gasteiger charge is -2.09. The van der Waals surface area contributed by atoms with Gasteiger partial charge in [0.05, 0.1) is 17.3 Å². The minimum Gasteiger partial charge on any atom is -0.464 e. The van der Waals surface area contributed by atoms with E-state index in [9.17, 15) is 5.21 Å². The number of rotatable bonds is 5. The minimum absolute atomic E-state index is 0.331. The van der Waals surface area contributed by atoms with E-state index < -0.39 is 0 Å². The second-order valence-corrected chi connectivity index (χ2v) is 8.12. The molecule has 1 fully saturated rings. The van der Waals surface area contributed by atoms with Crippen LogP contribution in [-0.4, -0.2) is 32.9 Å². The Morgan fingerprint density at radius 1 is 1.17 bits per heavy atom. The van der Waals surface area contributed by atoms with Crippen LogP contribution in [0, 0.1) is 5.92 Å². The number of hydroxylamine groups is 2. The molecule has 5 rings (SSSR count). The molecule has 0 radical (unpaired) electrons. The molecule has 0 saturated carbocycles. The highest BCUT2D eigenvalue weighted by molar-refractivity contribution is 6.30. The summed E-state index contributed by atoms with van der Waals surface area (Å²) in [5.41, 5.74) is 4.15. The molecule has 152 valence electrons. The fraction of sp³-hybridized carbons (Fsp3) is 0.208. The van der Waals surface area contributed by atoms with E-state index in [1.807, 2.05) is 36.4 Å². The first kappa shape index (κ1) is 19.1. The molecular formula is C24H22ClN3O2. The summed E-state index contributed by atoms with van der Waals surface area (Å²) in [6.07, 6.45) is 6.86. The van der Waals surface area contributed by atoms with Crippen molar-refractivity contribution in [3.05, 3.63) is 83.3 Å². The van der Waals surface area contributed by atoms with E-state index >= 15 is 0 Å². The van der Waals surface area contributed by atoms with Gasteiger partial charge in [-0.2, -0.15) is 5.06 Å². The maximum Gasteiger partial charge on any atom is 0.133 e. The largest absolute Gasteiger partial charge is 0.464 e. The first-order valence-electron chi connectivity index (χ1n) is 10.1. The molecule has 0 amide bonds. The summed E-state index contributed by atoms with van der Waals surface area (Å²) < 4.78 is 7.76. The van der Waals surface area contributed by atoms with Crippen LogP contribution in [0.15, 0.2) is 71.4 Å². The maximum atomic E-state index is 9.66. The average Bonchev–Trinajstić information content (AvgIpc) is 3.49. The van der Waals surface area contributed by atoms with Gasteiger partial charge in [0, 0.05) is 30.2 Å². The van der Waals surface area contributed by atoms with Crippen LogP contribution in [0.4, 0.5) is 0 Å². The summed E-state index contributed by atoms with van der Waals surface area (Å²) in [6, 6.07) is 18.0. The van der Waals surface area contributed by atoms with Gasteiger partial charge in [0.25, 0.3) is 0 Å². The number of hydrogen-bond acceptors (Lipinski definition) is 4. The molecule has 30 heavy (non-hydrogen) atoms. The van der Waals surface area contributed by atoms with E-state index in [-0.39, 0.29) is 0 Å². The number of hydrogen-bond donors (Lipinski definition) is 1. The van der Waals surface area contributed by atoms with Gasteiger partial charge in [-0.25, -0.2) is 4.98 Å². The van der Waals surface area contributed by atoms with Crippen LogP contribution in [-0.2, 0) is 6.54 Å². The Morgan fingerprint density at radius 2 is 2.03 bits per heavy atom. The summed E-state index contributed by atoms with van der Waals surface area (Å²) in [5.74, 6) is 2.06. The van der Waals surface area contributed by atoms with Gasteiger partial charge < -0.3 is 14.2 Å². The Morgan fingerprint density at radius 3 is 2.77 bits per heavy atom. The predicted octanol–water partition coefficient (Wildman–Crippen LogP) is 5.72. The number of imidazole rings is 1. The van der Waals surface area contributed by atoms with Crippen molar-refractivity contribution >= 4 is 28.7 Å². The molecule has 2 aromatic heterocycles. The zero-order valence-electron chi connectivity index (χ0n) is 16.4. The summed E-state index contributed by atoms with van der Waals surface area (Å²) in [4.78, 5) is 4.91. The molecule has 3 heterocycles. The highest BCUT2D eigenvalue weighted by Gasteiger charge is 2.19. The van der Waals surface area contributed by atoms with Crippen molar-refractivity contribution in [1.82, 2.24) is 14.6 Å². The highest BCUT2D eigenvalue weighted by Crippen LogP contribution is 2.27. The van der Waals surface area contributed by atoms with Gasteiger partial charge in [-0.1, -0.05) is 29.8 Å². The molecule has 6 heteroatoms. The number of nitrogens with zero attached hydrogens (tertiary/aromatic N) is 3. The summed E-state index contributed by atoms with van der Waals surface area (Å²) >= 11 is 6.06. The first-order valence-corrected chi connectivity index (χ1v) is 10.4. The molecule has 0 bridgehead atoms. The number of fused-ring (bicyclic) bond motifs is 1. The lowest BCUT2D eigenvalue weighted by molar-refractivity contribution is -0.0699. The number of aromatic nitrogens is 2. The Bertz CT molecular complexity index is 1180. The molecule has 1 saturated heterocycles. The molecule has 1 N–H and O–H groups in total. The van der Waals surface area contributed by atoms with Gasteiger partial charge in [-0.3, -0.25) is 0 Å². The third-order valence-electron chi connectivity index (χ3n) is 5.56. The van der Waals surface area contributed by atoms with Crippen LogP contribution < -0.4 is 0 Å². The molecule has 1 atom stereocenters. The lowest BCUT2D eigenvalue weighted by Crippen LogP contribution is -2.14. The van der Waals surface area contributed by atoms with Gasteiger partial charge in [0.1, 0.15) is 11.6 Å². The maximum absolute atomic E-state index is 9.66. The highest BCUT2D eigenvalue weighted by atomic mass is 35.5. The van der Waals surface area contributed by atoms with Crippen molar-refractivity contribution in [2.45, 2.75) is 13.0 Å². The van der Waals surface area contributed by atoms with Crippen LogP contribution in [0.2, 0.25) is 5.02 Å². The van der Waals surface area contributed by atoms with Crippen LogP contribution in [0.1, 0.15) is 17.8 Å². The first-order chi connectivity index (χ1) is 14.7. The molecule has 1 aliphatic heterocycles. The molecule has 0 spiro atoms. The third kappa shape index (κ3) is 3.92. The molecule has 2 aromatic carbocycles. The third-order valence-corrected chi connectivity index (χ3v) is 5.81. The Kier molecular flexibility index (Phi) is 5.17. The topological polar surface area (TPSA) is 54.4 Å². The van der Waals surface area contributed by atoms with Crippen LogP contribution in [0.3, 0.4) is 0 Å². The minimum atomic E-state index is 0.331. The van der Waals surface area contributed by atoms with Crippen molar-refractivity contribution in [2.24, 2.45) is 5.92 Å². The van der Waals surface area contributed by atoms with Gasteiger partial charge in [-0.05, 0) is 66.4 Å². The van der Waals surface area contributed by atoms with Crippen LogP contribution in [0.25, 0.3) is 28.4 Å². The Hall–Kier alpha value is -2.86.